The van der Waals surface area contributed by atoms with Crippen molar-refractivity contribution in [2.75, 3.05) is 19.7 Å². The molecule has 3 aliphatic rings. The van der Waals surface area contributed by atoms with Crippen LogP contribution < -0.4 is 5.32 Å². The molecule has 2 aliphatic carbocycles. The van der Waals surface area contributed by atoms with Crippen LogP contribution in [-0.2, 0) is 14.3 Å². The Kier molecular flexibility index (Phi) is 6.02. The molecule has 2 N–H and O–H groups in total. The lowest BCUT2D eigenvalue weighted by Gasteiger charge is -2.26. The molecule has 0 bridgehead atoms. The van der Waals surface area contributed by atoms with E-state index in [4.69, 9.17) is 4.74 Å². The molecule has 0 radical (unpaired) electrons. The van der Waals surface area contributed by atoms with Crippen LogP contribution in [0.5, 0.6) is 0 Å². The second-order valence-corrected chi connectivity index (χ2v) is 9.73. The summed E-state index contributed by atoms with van der Waals surface area (Å²) in [5.41, 5.74) is 4.70. The molecular weight excluding hydrogens is 432 g/mol. The predicted molar refractivity (Wildman–Crippen MR) is 126 cm³/mol. The van der Waals surface area contributed by atoms with E-state index in [0.29, 0.717) is 25.9 Å². The lowest BCUT2D eigenvalue weighted by Crippen LogP contribution is -2.39. The molecule has 7 nitrogen and oxygen atoms in total. The number of benzene rings is 2. The Balaban J connectivity index is 1.08. The van der Waals surface area contributed by atoms with Crippen LogP contribution in [0, 0.1) is 17.8 Å². The maximum Gasteiger partial charge on any atom is 0.407 e. The highest BCUT2D eigenvalue weighted by molar-refractivity contribution is 5.79. The molecule has 0 aromatic heterocycles. The van der Waals surface area contributed by atoms with Gasteiger partial charge in [0, 0.05) is 31.5 Å². The molecule has 7 heteroatoms. The van der Waals surface area contributed by atoms with Crippen LogP contribution in [0.2, 0.25) is 0 Å². The molecule has 2 aromatic carbocycles. The van der Waals surface area contributed by atoms with Gasteiger partial charge in [-0.3, -0.25) is 9.59 Å². The van der Waals surface area contributed by atoms with E-state index < -0.39 is 12.1 Å². The number of ether oxygens (including phenoxy) is 1. The van der Waals surface area contributed by atoms with E-state index in [9.17, 15) is 19.5 Å². The van der Waals surface area contributed by atoms with Crippen LogP contribution in [0.3, 0.4) is 0 Å². The minimum Gasteiger partial charge on any atom is -0.481 e. The van der Waals surface area contributed by atoms with Crippen molar-refractivity contribution in [2.24, 2.45) is 17.8 Å². The standard InChI is InChI=1S/C27H30N2O5/c1-16(10-11-24(30)29-13-12-21-22(14-29)25(21)26(31)32)28-27(33)34-15-23-19-8-4-2-6-17(19)18-7-3-5-9-20(18)23/h2-9,16,21-23,25H,10-15H2,1H3,(H,28,33)(H,31,32)/t16?,21-,22+,25?/m0/s1. The van der Waals surface area contributed by atoms with Crippen molar-refractivity contribution in [3.63, 3.8) is 0 Å². The SMILES string of the molecule is CC(CCC(=O)N1CC[C@@H]2C(C(=O)O)[C@@H]2C1)NC(=O)OCC1c2ccccc2-c2ccccc21. The van der Waals surface area contributed by atoms with Gasteiger partial charge < -0.3 is 20.1 Å². The van der Waals surface area contributed by atoms with Crippen molar-refractivity contribution in [1.82, 2.24) is 10.2 Å². The number of fused-ring (bicyclic) bond motifs is 4. The number of carbonyl (C=O) groups is 3. The van der Waals surface area contributed by atoms with Gasteiger partial charge in [0.05, 0.1) is 5.92 Å². The number of rotatable bonds is 7. The Morgan fingerprint density at radius 2 is 1.71 bits per heavy atom. The summed E-state index contributed by atoms with van der Waals surface area (Å²) in [6.45, 7) is 3.28. The molecule has 4 atom stereocenters. The zero-order valence-corrected chi connectivity index (χ0v) is 19.3. The van der Waals surface area contributed by atoms with Crippen molar-refractivity contribution >= 4 is 18.0 Å². The number of nitrogens with one attached hydrogen (secondary N) is 1. The highest BCUT2D eigenvalue weighted by Gasteiger charge is 2.57. The minimum absolute atomic E-state index is 0.00927. The highest BCUT2D eigenvalue weighted by atomic mass is 16.5. The first-order valence-corrected chi connectivity index (χ1v) is 12.1. The summed E-state index contributed by atoms with van der Waals surface area (Å²) >= 11 is 0. The van der Waals surface area contributed by atoms with Crippen LogP contribution >= 0.6 is 0 Å². The molecule has 0 spiro atoms. The van der Waals surface area contributed by atoms with Crippen LogP contribution in [0.15, 0.2) is 48.5 Å². The number of nitrogens with zero attached hydrogens (tertiary/aromatic N) is 1. The third-order valence-corrected chi connectivity index (χ3v) is 7.63. The summed E-state index contributed by atoms with van der Waals surface area (Å²) in [6.07, 6.45) is 1.11. The van der Waals surface area contributed by atoms with E-state index in [1.165, 1.54) is 22.3 Å². The van der Waals surface area contributed by atoms with Gasteiger partial charge in [0.25, 0.3) is 0 Å². The van der Waals surface area contributed by atoms with Crippen molar-refractivity contribution < 1.29 is 24.2 Å². The summed E-state index contributed by atoms with van der Waals surface area (Å²) < 4.78 is 5.59. The minimum atomic E-state index is -0.745. The number of likely N-dealkylation sites (tertiary alicyclic amines) is 1. The smallest absolute Gasteiger partial charge is 0.407 e. The summed E-state index contributed by atoms with van der Waals surface area (Å²) in [7, 11) is 0. The molecule has 178 valence electrons. The Bertz CT molecular complexity index is 1070. The number of amides is 2. The normalized spacial score (nSPS) is 23.3. The van der Waals surface area contributed by atoms with E-state index in [-0.39, 0.29) is 42.2 Å². The summed E-state index contributed by atoms with van der Waals surface area (Å²) in [4.78, 5) is 38.0. The van der Waals surface area contributed by atoms with E-state index in [1.807, 2.05) is 31.2 Å². The number of aliphatic carboxylic acids is 1. The molecule has 34 heavy (non-hydrogen) atoms. The monoisotopic (exact) mass is 462 g/mol. The Hall–Kier alpha value is -3.35. The topological polar surface area (TPSA) is 95.9 Å². The average Bonchev–Trinajstić information content (AvgIpc) is 3.48. The number of hydrogen-bond acceptors (Lipinski definition) is 4. The second-order valence-electron chi connectivity index (χ2n) is 9.73. The second kappa shape index (κ2) is 9.12. The number of piperidine rings is 1. The lowest BCUT2D eigenvalue weighted by molar-refractivity contribution is -0.139. The first kappa shape index (κ1) is 22.4. The van der Waals surface area contributed by atoms with Crippen molar-refractivity contribution in [3.8, 4) is 11.1 Å². The Labute approximate surface area is 199 Å². The number of alkyl carbamates (subject to hydrolysis) is 1. The van der Waals surface area contributed by atoms with Crippen molar-refractivity contribution in [3.05, 3.63) is 59.7 Å². The van der Waals surface area contributed by atoms with E-state index in [2.05, 4.69) is 29.6 Å². The quantitative estimate of drug-likeness (QED) is 0.651. The number of carbonyl (C=O) groups excluding carboxylic acids is 2. The van der Waals surface area contributed by atoms with Gasteiger partial charge in [-0.05, 0) is 53.9 Å². The van der Waals surface area contributed by atoms with E-state index in [1.54, 1.807) is 4.90 Å². The van der Waals surface area contributed by atoms with Gasteiger partial charge >= 0.3 is 12.1 Å². The van der Waals surface area contributed by atoms with Gasteiger partial charge in [0.2, 0.25) is 5.91 Å². The fourth-order valence-corrected chi connectivity index (χ4v) is 5.74. The zero-order valence-electron chi connectivity index (χ0n) is 19.3. The average molecular weight is 463 g/mol. The number of carboxylic acid groups (broad SMARTS) is 1. The predicted octanol–water partition coefficient (Wildman–Crippen LogP) is 3.87. The van der Waals surface area contributed by atoms with Gasteiger partial charge in [0.15, 0.2) is 0 Å². The molecule has 5 rings (SSSR count). The molecule has 1 saturated carbocycles. The van der Waals surface area contributed by atoms with Crippen LogP contribution in [0.1, 0.15) is 43.2 Å². The Morgan fingerprint density at radius 3 is 2.35 bits per heavy atom. The lowest BCUT2D eigenvalue weighted by atomic mass is 9.98. The summed E-state index contributed by atoms with van der Waals surface area (Å²) in [5.74, 6) is -0.662. The van der Waals surface area contributed by atoms with Gasteiger partial charge in [0.1, 0.15) is 6.61 Å². The highest BCUT2D eigenvalue weighted by Crippen LogP contribution is 2.51. The number of hydrogen-bond donors (Lipinski definition) is 2. The van der Waals surface area contributed by atoms with E-state index >= 15 is 0 Å². The van der Waals surface area contributed by atoms with Crippen LogP contribution in [0.25, 0.3) is 11.1 Å². The fraction of sp³-hybridized carbons (Fsp3) is 0.444. The molecule has 2 fully saturated rings. The maximum absolute atomic E-state index is 12.6. The molecular formula is C27H30N2O5. The molecule has 2 aromatic rings. The van der Waals surface area contributed by atoms with Crippen LogP contribution in [0.4, 0.5) is 4.79 Å². The fourth-order valence-electron chi connectivity index (χ4n) is 5.74. The van der Waals surface area contributed by atoms with Crippen molar-refractivity contribution in [1.29, 1.82) is 0 Å². The first-order valence-electron chi connectivity index (χ1n) is 12.1. The third kappa shape index (κ3) is 4.27. The van der Waals surface area contributed by atoms with Gasteiger partial charge in [-0.25, -0.2) is 4.79 Å². The van der Waals surface area contributed by atoms with Crippen LogP contribution in [-0.4, -0.2) is 53.7 Å². The van der Waals surface area contributed by atoms with E-state index in [0.717, 1.165) is 6.42 Å². The zero-order chi connectivity index (χ0) is 23.8. The first-order chi connectivity index (χ1) is 16.4. The maximum atomic E-state index is 12.6. The van der Waals surface area contributed by atoms with Crippen molar-refractivity contribution in [2.45, 2.75) is 38.1 Å². The van der Waals surface area contributed by atoms with Gasteiger partial charge in [-0.2, -0.15) is 0 Å². The molecule has 1 heterocycles. The van der Waals surface area contributed by atoms with Gasteiger partial charge in [-0.1, -0.05) is 48.5 Å². The number of carboxylic acids is 1. The molecule has 2 amide bonds. The third-order valence-electron chi connectivity index (χ3n) is 7.63. The molecule has 1 saturated heterocycles. The largest absolute Gasteiger partial charge is 0.481 e. The molecule has 2 unspecified atom stereocenters. The van der Waals surface area contributed by atoms with Gasteiger partial charge in [-0.15, -0.1) is 0 Å². The Morgan fingerprint density at radius 1 is 1.06 bits per heavy atom. The molecule has 1 aliphatic heterocycles. The summed E-state index contributed by atoms with van der Waals surface area (Å²) in [6, 6.07) is 16.2. The summed E-state index contributed by atoms with van der Waals surface area (Å²) in [5, 5.41) is 12.1.